The van der Waals surface area contributed by atoms with Crippen LogP contribution < -0.4 is 5.32 Å². The smallest absolute Gasteiger partial charge is 0.255 e. The summed E-state index contributed by atoms with van der Waals surface area (Å²) < 4.78 is 13.2. The van der Waals surface area contributed by atoms with Gasteiger partial charge in [0.15, 0.2) is 0 Å². The van der Waals surface area contributed by atoms with E-state index in [9.17, 15) is 9.18 Å². The molecule has 0 saturated heterocycles. The van der Waals surface area contributed by atoms with Crippen LogP contribution in [0.3, 0.4) is 0 Å². The zero-order valence-corrected chi connectivity index (χ0v) is 15.2. The topological polar surface area (TPSA) is 29.1 Å². The van der Waals surface area contributed by atoms with E-state index in [0.29, 0.717) is 11.3 Å². The minimum Gasteiger partial charge on any atom is -0.322 e. The van der Waals surface area contributed by atoms with Crippen LogP contribution in [0, 0.1) is 18.7 Å². The third kappa shape index (κ3) is 4.60. The number of benzene rings is 2. The predicted molar refractivity (Wildman–Crippen MR) is 101 cm³/mol. The molecule has 2 aromatic carbocycles. The minimum atomic E-state index is -0.496. The van der Waals surface area contributed by atoms with E-state index in [1.54, 1.807) is 0 Å². The molecule has 1 aliphatic carbocycles. The number of carbonyl (C=O) groups excluding carboxylic acids is 1. The fourth-order valence-corrected chi connectivity index (χ4v) is 3.69. The van der Waals surface area contributed by atoms with Crippen LogP contribution in [0.1, 0.15) is 53.6 Å². The first-order chi connectivity index (χ1) is 12.0. The van der Waals surface area contributed by atoms with Gasteiger partial charge in [0.25, 0.3) is 5.91 Å². The van der Waals surface area contributed by atoms with E-state index in [1.807, 2.05) is 18.2 Å². The average Bonchev–Trinajstić information content (AvgIpc) is 2.61. The molecule has 0 spiro atoms. The molecule has 0 aromatic heterocycles. The molecule has 132 valence electrons. The van der Waals surface area contributed by atoms with Gasteiger partial charge in [-0.15, -0.1) is 0 Å². The van der Waals surface area contributed by atoms with Crippen molar-refractivity contribution in [1.29, 1.82) is 0 Å². The summed E-state index contributed by atoms with van der Waals surface area (Å²) in [4.78, 5) is 12.5. The molecule has 0 heterocycles. The number of hydrogen-bond acceptors (Lipinski definition) is 1. The van der Waals surface area contributed by atoms with Crippen LogP contribution in [0.5, 0.6) is 0 Å². The Morgan fingerprint density at radius 2 is 1.92 bits per heavy atom. The lowest BCUT2D eigenvalue weighted by atomic mass is 9.83. The Morgan fingerprint density at radius 3 is 2.64 bits per heavy atom. The van der Waals surface area contributed by atoms with Crippen LogP contribution in [-0.2, 0) is 6.42 Å². The highest BCUT2D eigenvalue weighted by Gasteiger charge is 2.16. The van der Waals surface area contributed by atoms with Gasteiger partial charge in [0.05, 0.1) is 5.02 Å². The number of hydrogen-bond donors (Lipinski definition) is 1. The van der Waals surface area contributed by atoms with E-state index in [2.05, 4.69) is 12.2 Å². The number of nitrogens with one attached hydrogen (secondary N) is 1. The largest absolute Gasteiger partial charge is 0.322 e. The average molecular weight is 360 g/mol. The van der Waals surface area contributed by atoms with Gasteiger partial charge in [-0.3, -0.25) is 4.79 Å². The van der Waals surface area contributed by atoms with Crippen molar-refractivity contribution in [2.24, 2.45) is 5.92 Å². The summed E-state index contributed by atoms with van der Waals surface area (Å²) in [5, 5.41) is 2.79. The van der Waals surface area contributed by atoms with Gasteiger partial charge in [0.2, 0.25) is 0 Å². The van der Waals surface area contributed by atoms with Crippen molar-refractivity contribution in [3.63, 3.8) is 0 Å². The molecule has 2 aromatic rings. The molecular weight excluding hydrogens is 337 g/mol. The molecule has 2 nitrogen and oxygen atoms in total. The molecule has 25 heavy (non-hydrogen) atoms. The zero-order valence-electron chi connectivity index (χ0n) is 14.4. The third-order valence-corrected chi connectivity index (χ3v) is 5.31. The van der Waals surface area contributed by atoms with Gasteiger partial charge < -0.3 is 5.32 Å². The molecule has 1 saturated carbocycles. The van der Waals surface area contributed by atoms with Gasteiger partial charge in [0, 0.05) is 11.3 Å². The standard InChI is InChI=1S/C21H23ClFNO/c1-14-7-8-16(12-17(14)11-15-5-3-2-4-6-15)21(25)24-18-9-10-20(23)19(22)13-18/h7-10,12-13,15H,2-6,11H2,1H3,(H,24,25). The Hall–Kier alpha value is -1.87. The van der Waals surface area contributed by atoms with E-state index >= 15 is 0 Å². The maximum absolute atomic E-state index is 13.2. The zero-order chi connectivity index (χ0) is 17.8. The quantitative estimate of drug-likeness (QED) is 0.695. The third-order valence-electron chi connectivity index (χ3n) is 5.02. The van der Waals surface area contributed by atoms with Gasteiger partial charge >= 0.3 is 0 Å². The van der Waals surface area contributed by atoms with Crippen LogP contribution in [0.2, 0.25) is 5.02 Å². The van der Waals surface area contributed by atoms with Crippen molar-refractivity contribution in [2.45, 2.75) is 45.4 Å². The predicted octanol–water partition coefficient (Wildman–Crippen LogP) is 6.16. The van der Waals surface area contributed by atoms with Crippen LogP contribution in [0.15, 0.2) is 36.4 Å². The highest BCUT2D eigenvalue weighted by atomic mass is 35.5. The van der Waals surface area contributed by atoms with Gasteiger partial charge in [-0.25, -0.2) is 4.39 Å². The molecule has 3 rings (SSSR count). The Kier molecular flexibility index (Phi) is 5.74. The second-order valence-corrected chi connectivity index (χ2v) is 7.34. The number of rotatable bonds is 4. The molecule has 1 fully saturated rings. The highest BCUT2D eigenvalue weighted by molar-refractivity contribution is 6.31. The number of aryl methyl sites for hydroxylation is 1. The van der Waals surface area contributed by atoms with E-state index < -0.39 is 5.82 Å². The Labute approximate surface area is 153 Å². The molecule has 0 radical (unpaired) electrons. The monoisotopic (exact) mass is 359 g/mol. The van der Waals surface area contributed by atoms with Gasteiger partial charge in [0.1, 0.15) is 5.82 Å². The molecule has 4 heteroatoms. The number of halogens is 2. The maximum Gasteiger partial charge on any atom is 0.255 e. The Morgan fingerprint density at radius 1 is 1.16 bits per heavy atom. The van der Waals surface area contributed by atoms with Crippen LogP contribution in [-0.4, -0.2) is 5.91 Å². The van der Waals surface area contributed by atoms with E-state index in [-0.39, 0.29) is 10.9 Å². The van der Waals surface area contributed by atoms with E-state index in [0.717, 1.165) is 12.3 Å². The lowest BCUT2D eigenvalue weighted by Crippen LogP contribution is -2.14. The lowest BCUT2D eigenvalue weighted by Gasteiger charge is -2.22. The summed E-state index contributed by atoms with van der Waals surface area (Å²) in [6, 6.07) is 10.0. The van der Waals surface area contributed by atoms with Gasteiger partial charge in [-0.05, 0) is 60.7 Å². The van der Waals surface area contributed by atoms with Crippen molar-refractivity contribution < 1.29 is 9.18 Å². The van der Waals surface area contributed by atoms with Crippen molar-refractivity contribution in [3.05, 3.63) is 63.9 Å². The molecule has 0 aliphatic heterocycles. The molecule has 1 aliphatic rings. The summed E-state index contributed by atoms with van der Waals surface area (Å²) in [7, 11) is 0. The van der Waals surface area contributed by atoms with Crippen molar-refractivity contribution in [3.8, 4) is 0 Å². The van der Waals surface area contributed by atoms with Crippen LogP contribution in [0.4, 0.5) is 10.1 Å². The normalized spacial score (nSPS) is 15.2. The molecule has 0 atom stereocenters. The summed E-state index contributed by atoms with van der Waals surface area (Å²) in [5.41, 5.74) is 3.59. The fraction of sp³-hybridized carbons (Fsp3) is 0.381. The highest BCUT2D eigenvalue weighted by Crippen LogP contribution is 2.28. The molecule has 1 N–H and O–H groups in total. The van der Waals surface area contributed by atoms with Crippen LogP contribution >= 0.6 is 11.6 Å². The molecule has 0 unspecified atom stereocenters. The second kappa shape index (κ2) is 8.01. The van der Waals surface area contributed by atoms with Gasteiger partial charge in [-0.2, -0.15) is 0 Å². The first-order valence-electron chi connectivity index (χ1n) is 8.89. The SMILES string of the molecule is Cc1ccc(C(=O)Nc2ccc(F)c(Cl)c2)cc1CC1CCCCC1. The Balaban J connectivity index is 1.73. The summed E-state index contributed by atoms with van der Waals surface area (Å²) >= 11 is 5.77. The summed E-state index contributed by atoms with van der Waals surface area (Å²) in [5.74, 6) is 0.0269. The summed E-state index contributed by atoms with van der Waals surface area (Å²) in [6.07, 6.45) is 7.58. The van der Waals surface area contributed by atoms with Gasteiger partial charge in [-0.1, -0.05) is 49.8 Å². The van der Waals surface area contributed by atoms with E-state index in [1.165, 1.54) is 61.4 Å². The van der Waals surface area contributed by atoms with Crippen LogP contribution in [0.25, 0.3) is 0 Å². The second-order valence-electron chi connectivity index (χ2n) is 6.93. The molecule has 1 amide bonds. The number of anilines is 1. The molecule has 0 bridgehead atoms. The summed E-state index contributed by atoms with van der Waals surface area (Å²) in [6.45, 7) is 2.10. The first kappa shape index (κ1) is 17.9. The molecular formula is C21H23ClFNO. The van der Waals surface area contributed by atoms with Crippen molar-refractivity contribution in [2.75, 3.05) is 5.32 Å². The maximum atomic E-state index is 13.2. The minimum absolute atomic E-state index is 0.000284. The number of amides is 1. The van der Waals surface area contributed by atoms with Crippen molar-refractivity contribution >= 4 is 23.2 Å². The fourth-order valence-electron chi connectivity index (χ4n) is 3.51. The lowest BCUT2D eigenvalue weighted by molar-refractivity contribution is 0.102. The van der Waals surface area contributed by atoms with E-state index in [4.69, 9.17) is 11.6 Å². The van der Waals surface area contributed by atoms with Crippen molar-refractivity contribution in [1.82, 2.24) is 0 Å². The Bertz CT molecular complexity index is 768. The number of carbonyl (C=O) groups is 1. The first-order valence-corrected chi connectivity index (χ1v) is 9.26.